The van der Waals surface area contributed by atoms with Crippen molar-refractivity contribution in [3.05, 3.63) is 45.1 Å². The van der Waals surface area contributed by atoms with Crippen LogP contribution in [0.5, 0.6) is 0 Å². The molecule has 0 saturated heterocycles. The van der Waals surface area contributed by atoms with E-state index in [0.29, 0.717) is 17.1 Å². The summed E-state index contributed by atoms with van der Waals surface area (Å²) in [6.07, 6.45) is 1.77. The Labute approximate surface area is 102 Å². The summed E-state index contributed by atoms with van der Waals surface area (Å²) in [5, 5.41) is 3.28. The maximum Gasteiger partial charge on any atom is 0.187 e. The second-order valence-corrected chi connectivity index (χ2v) is 4.72. The van der Waals surface area contributed by atoms with E-state index in [1.165, 1.54) is 17.5 Å². The van der Waals surface area contributed by atoms with E-state index in [-0.39, 0.29) is 5.78 Å². The van der Waals surface area contributed by atoms with Crippen LogP contribution in [0.3, 0.4) is 0 Å². The van der Waals surface area contributed by atoms with Crippen molar-refractivity contribution < 1.29 is 4.79 Å². The lowest BCUT2D eigenvalue weighted by atomic mass is 10.2. The van der Waals surface area contributed by atoms with Crippen LogP contribution in [-0.4, -0.2) is 15.8 Å². The lowest BCUT2D eigenvalue weighted by Gasteiger charge is -1.97. The van der Waals surface area contributed by atoms with Gasteiger partial charge >= 0.3 is 0 Å². The first-order valence-electron chi connectivity index (χ1n) is 4.71. The molecular weight excluding hydrogens is 244 g/mol. The highest BCUT2D eigenvalue weighted by Crippen LogP contribution is 2.13. The molecule has 0 aliphatic carbocycles. The molecule has 2 aromatic rings. The molecule has 0 radical (unpaired) electrons. The first kappa shape index (κ1) is 11.2. The van der Waals surface area contributed by atoms with E-state index in [1.54, 1.807) is 12.1 Å². The molecule has 0 N–H and O–H groups in total. The fourth-order valence-electron chi connectivity index (χ4n) is 1.25. The molecule has 2 heterocycles. The number of aryl methyl sites for hydroxylation is 1. The Morgan fingerprint density at radius 1 is 1.50 bits per heavy atom. The summed E-state index contributed by atoms with van der Waals surface area (Å²) in [5.74, 6) is -0.0361. The number of hydrogen-bond donors (Lipinski definition) is 0. The molecule has 16 heavy (non-hydrogen) atoms. The van der Waals surface area contributed by atoms with Gasteiger partial charge in [0.15, 0.2) is 5.78 Å². The van der Waals surface area contributed by atoms with E-state index < -0.39 is 0 Å². The average molecular weight is 253 g/mol. The molecular formula is C11H9ClN2OS. The van der Waals surface area contributed by atoms with E-state index in [2.05, 4.69) is 9.97 Å². The quantitative estimate of drug-likeness (QED) is 0.789. The van der Waals surface area contributed by atoms with Crippen molar-refractivity contribution in [2.24, 2.45) is 0 Å². The summed E-state index contributed by atoms with van der Waals surface area (Å²) in [4.78, 5) is 20.0. The van der Waals surface area contributed by atoms with Gasteiger partial charge in [0.25, 0.3) is 0 Å². The van der Waals surface area contributed by atoms with Gasteiger partial charge in [-0.2, -0.15) is 0 Å². The van der Waals surface area contributed by atoms with Gasteiger partial charge in [-0.05, 0) is 19.1 Å². The third-order valence-electron chi connectivity index (χ3n) is 1.99. The minimum Gasteiger partial charge on any atom is -0.292 e. The molecule has 0 fully saturated rings. The first-order chi connectivity index (χ1) is 7.65. The molecule has 5 heteroatoms. The molecule has 2 rings (SSSR count). The molecule has 0 unspecified atom stereocenters. The Morgan fingerprint density at radius 2 is 2.31 bits per heavy atom. The van der Waals surface area contributed by atoms with Crippen LogP contribution < -0.4 is 0 Å². The average Bonchev–Trinajstić information content (AvgIpc) is 2.65. The molecule has 0 spiro atoms. The number of rotatable bonds is 3. The van der Waals surface area contributed by atoms with Gasteiger partial charge in [0, 0.05) is 17.3 Å². The summed E-state index contributed by atoms with van der Waals surface area (Å²) >= 11 is 7.19. The molecule has 0 amide bonds. The van der Waals surface area contributed by atoms with Gasteiger partial charge in [0.2, 0.25) is 0 Å². The van der Waals surface area contributed by atoms with Crippen LogP contribution in [0, 0.1) is 6.92 Å². The summed E-state index contributed by atoms with van der Waals surface area (Å²) in [6, 6.07) is 3.29. The highest BCUT2D eigenvalue weighted by atomic mass is 35.5. The number of pyridine rings is 1. The maximum atomic E-state index is 11.8. The molecule has 3 nitrogen and oxygen atoms in total. The highest BCUT2D eigenvalue weighted by molar-refractivity contribution is 7.09. The minimum atomic E-state index is -0.0361. The van der Waals surface area contributed by atoms with Crippen molar-refractivity contribution >= 4 is 28.7 Å². The Hall–Kier alpha value is -1.26. The van der Waals surface area contributed by atoms with Gasteiger partial charge in [-0.3, -0.25) is 9.78 Å². The third-order valence-corrected chi connectivity index (χ3v) is 3.18. The number of ketones is 1. The van der Waals surface area contributed by atoms with Gasteiger partial charge in [-0.25, -0.2) is 4.98 Å². The van der Waals surface area contributed by atoms with Crippen LogP contribution >= 0.6 is 22.9 Å². The molecule has 0 aromatic carbocycles. The fraction of sp³-hybridized carbons (Fsp3) is 0.182. The third kappa shape index (κ3) is 2.65. The summed E-state index contributed by atoms with van der Waals surface area (Å²) in [7, 11) is 0. The van der Waals surface area contributed by atoms with E-state index in [4.69, 9.17) is 11.6 Å². The summed E-state index contributed by atoms with van der Waals surface area (Å²) in [6.45, 7) is 1.91. The molecule has 0 bridgehead atoms. The van der Waals surface area contributed by atoms with Gasteiger partial charge in [0.1, 0.15) is 10.7 Å². The largest absolute Gasteiger partial charge is 0.292 e. The van der Waals surface area contributed by atoms with Gasteiger partial charge in [-0.15, -0.1) is 11.3 Å². The zero-order valence-corrected chi connectivity index (χ0v) is 10.2. The number of halogens is 1. The molecule has 2 aromatic heterocycles. The number of nitrogens with zero attached hydrogens (tertiary/aromatic N) is 2. The molecule has 0 saturated carbocycles. The van der Waals surface area contributed by atoms with Crippen molar-refractivity contribution in [2.45, 2.75) is 13.3 Å². The second-order valence-electron chi connectivity index (χ2n) is 3.34. The van der Waals surface area contributed by atoms with E-state index in [1.807, 2.05) is 12.3 Å². The standard InChI is InChI=1S/C11H9ClN2OS/c1-7-6-16-11(14-7)4-10(15)9-3-2-8(12)5-13-9/h2-3,5-6H,4H2,1H3. The van der Waals surface area contributed by atoms with Crippen molar-refractivity contribution in [2.75, 3.05) is 0 Å². The zero-order chi connectivity index (χ0) is 11.5. The Morgan fingerprint density at radius 3 is 2.88 bits per heavy atom. The lowest BCUT2D eigenvalue weighted by Crippen LogP contribution is -2.05. The topological polar surface area (TPSA) is 42.9 Å². The Kier molecular flexibility index (Phi) is 3.31. The highest BCUT2D eigenvalue weighted by Gasteiger charge is 2.10. The van der Waals surface area contributed by atoms with E-state index in [0.717, 1.165) is 10.7 Å². The van der Waals surface area contributed by atoms with Gasteiger partial charge in [0.05, 0.1) is 11.4 Å². The number of Topliss-reactive ketones (excluding diaryl/α,β-unsaturated/α-hetero) is 1. The fourth-order valence-corrected chi connectivity index (χ4v) is 2.13. The second kappa shape index (κ2) is 4.72. The predicted molar refractivity (Wildman–Crippen MR) is 64.1 cm³/mol. The number of carbonyl (C=O) groups excluding carboxylic acids is 1. The minimum absolute atomic E-state index is 0.0361. The molecule has 0 aliphatic heterocycles. The summed E-state index contributed by atoms with van der Waals surface area (Å²) < 4.78 is 0. The van der Waals surface area contributed by atoms with Crippen molar-refractivity contribution in [1.29, 1.82) is 0 Å². The number of aromatic nitrogens is 2. The van der Waals surface area contributed by atoms with E-state index >= 15 is 0 Å². The van der Waals surface area contributed by atoms with Crippen molar-refractivity contribution in [3.63, 3.8) is 0 Å². The number of thiazole rings is 1. The van der Waals surface area contributed by atoms with Gasteiger partial charge < -0.3 is 0 Å². The molecule has 0 atom stereocenters. The predicted octanol–water partition coefficient (Wildman–Crippen LogP) is 2.93. The Bertz CT molecular complexity index is 507. The normalized spacial score (nSPS) is 10.4. The smallest absolute Gasteiger partial charge is 0.187 e. The van der Waals surface area contributed by atoms with E-state index in [9.17, 15) is 4.79 Å². The van der Waals surface area contributed by atoms with Crippen LogP contribution in [0.25, 0.3) is 0 Å². The van der Waals surface area contributed by atoms with Crippen LogP contribution in [0.2, 0.25) is 5.02 Å². The maximum absolute atomic E-state index is 11.8. The first-order valence-corrected chi connectivity index (χ1v) is 5.96. The van der Waals surface area contributed by atoms with Crippen molar-refractivity contribution in [1.82, 2.24) is 9.97 Å². The lowest BCUT2D eigenvalue weighted by molar-refractivity contribution is 0.0988. The van der Waals surface area contributed by atoms with Crippen LogP contribution in [0.4, 0.5) is 0 Å². The van der Waals surface area contributed by atoms with Crippen LogP contribution in [-0.2, 0) is 6.42 Å². The monoisotopic (exact) mass is 252 g/mol. The van der Waals surface area contributed by atoms with Gasteiger partial charge in [-0.1, -0.05) is 11.6 Å². The van der Waals surface area contributed by atoms with Crippen LogP contribution in [0.15, 0.2) is 23.7 Å². The molecule has 82 valence electrons. The van der Waals surface area contributed by atoms with Crippen molar-refractivity contribution in [3.8, 4) is 0 Å². The Balaban J connectivity index is 2.11. The summed E-state index contributed by atoms with van der Waals surface area (Å²) in [5.41, 5.74) is 1.37. The zero-order valence-electron chi connectivity index (χ0n) is 8.61. The number of carbonyl (C=O) groups is 1. The molecule has 0 aliphatic rings. The SMILES string of the molecule is Cc1csc(CC(=O)c2ccc(Cl)cn2)n1. The van der Waals surface area contributed by atoms with Crippen LogP contribution in [0.1, 0.15) is 21.2 Å². The number of hydrogen-bond acceptors (Lipinski definition) is 4.